The molecule has 0 heterocycles. The predicted molar refractivity (Wildman–Crippen MR) is 89.9 cm³/mol. The summed E-state index contributed by atoms with van der Waals surface area (Å²) in [6.07, 6.45) is -0.180. The Morgan fingerprint density at radius 2 is 1.96 bits per heavy atom. The van der Waals surface area contributed by atoms with Gasteiger partial charge < -0.3 is 15.2 Å². The van der Waals surface area contributed by atoms with Crippen molar-refractivity contribution >= 4 is 21.7 Å². The first-order chi connectivity index (χ1) is 11.1. The molecule has 0 aliphatic heterocycles. The number of aryl methyl sites for hydroxylation is 2. The summed E-state index contributed by atoms with van der Waals surface area (Å²) in [4.78, 5) is 23.0. The van der Waals surface area contributed by atoms with E-state index in [0.29, 0.717) is 5.75 Å². The van der Waals surface area contributed by atoms with E-state index >= 15 is 0 Å². The molecule has 2 N–H and O–H groups in total. The van der Waals surface area contributed by atoms with Gasteiger partial charge in [-0.1, -0.05) is 24.6 Å². The van der Waals surface area contributed by atoms with Gasteiger partial charge in [0.05, 0.1) is 5.75 Å². The van der Waals surface area contributed by atoms with Crippen molar-refractivity contribution in [3.8, 4) is 5.75 Å². The highest BCUT2D eigenvalue weighted by Crippen LogP contribution is 2.18. The molecule has 0 aliphatic rings. The second-order valence-electron chi connectivity index (χ2n) is 5.54. The van der Waals surface area contributed by atoms with Gasteiger partial charge in [-0.05, 0) is 31.9 Å². The van der Waals surface area contributed by atoms with Gasteiger partial charge in [-0.25, -0.2) is 13.2 Å². The Labute approximate surface area is 141 Å². The van der Waals surface area contributed by atoms with E-state index in [1.165, 1.54) is 6.92 Å². The zero-order chi connectivity index (χ0) is 18.3. The summed E-state index contributed by atoms with van der Waals surface area (Å²) in [6.45, 7) is 4.93. The molecule has 0 radical (unpaired) electrons. The van der Waals surface area contributed by atoms with Crippen molar-refractivity contribution < 1.29 is 27.9 Å². The van der Waals surface area contributed by atoms with E-state index in [9.17, 15) is 18.0 Å². The van der Waals surface area contributed by atoms with Crippen molar-refractivity contribution in [2.45, 2.75) is 33.2 Å². The monoisotopic (exact) mass is 357 g/mol. The SMILES string of the molecule is CCS(=O)(=O)CCC(NC(=O)COc1ccc(C)cc1C)C(=O)O. The molecule has 0 fully saturated rings. The van der Waals surface area contributed by atoms with Crippen LogP contribution in [0.5, 0.6) is 5.75 Å². The maximum absolute atomic E-state index is 11.9. The Kier molecular flexibility index (Phi) is 7.21. The first-order valence-electron chi connectivity index (χ1n) is 7.57. The minimum atomic E-state index is -3.29. The van der Waals surface area contributed by atoms with Crippen molar-refractivity contribution in [3.63, 3.8) is 0 Å². The maximum atomic E-state index is 11.9. The van der Waals surface area contributed by atoms with Gasteiger partial charge in [0.25, 0.3) is 5.91 Å². The highest BCUT2D eigenvalue weighted by molar-refractivity contribution is 7.91. The maximum Gasteiger partial charge on any atom is 0.326 e. The summed E-state index contributed by atoms with van der Waals surface area (Å²) in [5.74, 6) is -1.71. The highest BCUT2D eigenvalue weighted by atomic mass is 32.2. The molecule has 0 saturated carbocycles. The number of rotatable bonds is 9. The van der Waals surface area contributed by atoms with Crippen molar-refractivity contribution in [2.24, 2.45) is 0 Å². The van der Waals surface area contributed by atoms with Crippen LogP contribution in [-0.4, -0.2) is 49.6 Å². The van der Waals surface area contributed by atoms with Gasteiger partial charge in [0.2, 0.25) is 0 Å². The molecule has 1 unspecified atom stereocenters. The van der Waals surface area contributed by atoms with Crippen LogP contribution in [0.25, 0.3) is 0 Å². The smallest absolute Gasteiger partial charge is 0.326 e. The van der Waals surface area contributed by atoms with Crippen LogP contribution >= 0.6 is 0 Å². The zero-order valence-corrected chi connectivity index (χ0v) is 14.9. The largest absolute Gasteiger partial charge is 0.484 e. The molecule has 0 aromatic heterocycles. The summed E-state index contributed by atoms with van der Waals surface area (Å²) < 4.78 is 28.3. The van der Waals surface area contributed by atoms with Crippen LogP contribution in [0.4, 0.5) is 0 Å². The first kappa shape index (κ1) is 20.0. The third-order valence-corrected chi connectivity index (χ3v) is 5.22. The van der Waals surface area contributed by atoms with Crippen LogP contribution in [0.3, 0.4) is 0 Å². The molecule has 0 bridgehead atoms. The number of nitrogens with one attached hydrogen (secondary N) is 1. The molecule has 8 heteroatoms. The van der Waals surface area contributed by atoms with Gasteiger partial charge in [-0.2, -0.15) is 0 Å². The number of ether oxygens (including phenoxy) is 1. The number of hydrogen-bond acceptors (Lipinski definition) is 5. The van der Waals surface area contributed by atoms with E-state index < -0.39 is 27.8 Å². The molecule has 7 nitrogen and oxygen atoms in total. The topological polar surface area (TPSA) is 110 Å². The van der Waals surface area contributed by atoms with E-state index in [-0.39, 0.29) is 24.5 Å². The predicted octanol–water partition coefficient (Wildman–Crippen LogP) is 1.08. The lowest BCUT2D eigenvalue weighted by atomic mass is 10.1. The molecule has 1 aromatic carbocycles. The molecule has 134 valence electrons. The quantitative estimate of drug-likeness (QED) is 0.684. The minimum absolute atomic E-state index is 0.0664. The Bertz CT molecular complexity index is 699. The summed E-state index contributed by atoms with van der Waals surface area (Å²) in [7, 11) is -3.29. The van der Waals surface area contributed by atoms with Gasteiger partial charge in [-0.15, -0.1) is 0 Å². The standard InChI is InChI=1S/C16H23NO6S/c1-4-24(21,22)8-7-13(16(19)20)17-15(18)10-23-14-6-5-11(2)9-12(14)3/h5-6,9,13H,4,7-8,10H2,1-3H3,(H,17,18)(H,19,20). The lowest BCUT2D eigenvalue weighted by Gasteiger charge is -2.15. The number of carbonyl (C=O) groups excluding carboxylic acids is 1. The van der Waals surface area contributed by atoms with Crippen molar-refractivity contribution in [1.29, 1.82) is 0 Å². The Hall–Kier alpha value is -2.09. The lowest BCUT2D eigenvalue weighted by Crippen LogP contribution is -2.44. The Balaban J connectivity index is 2.58. The van der Waals surface area contributed by atoms with Crippen molar-refractivity contribution in [3.05, 3.63) is 29.3 Å². The number of hydrogen-bond donors (Lipinski definition) is 2. The number of amides is 1. The van der Waals surface area contributed by atoms with Crippen molar-refractivity contribution in [1.82, 2.24) is 5.32 Å². The van der Waals surface area contributed by atoms with Gasteiger partial charge in [0, 0.05) is 5.75 Å². The third-order valence-electron chi connectivity index (χ3n) is 3.48. The van der Waals surface area contributed by atoms with E-state index in [4.69, 9.17) is 9.84 Å². The number of sulfone groups is 1. The second kappa shape index (κ2) is 8.68. The summed E-state index contributed by atoms with van der Waals surface area (Å²) in [6, 6.07) is 4.22. The van der Waals surface area contributed by atoms with Gasteiger partial charge in [0.1, 0.15) is 21.6 Å². The van der Waals surface area contributed by atoms with Crippen LogP contribution in [-0.2, 0) is 19.4 Å². The number of benzene rings is 1. The summed E-state index contributed by atoms with van der Waals surface area (Å²) in [5.41, 5.74) is 1.93. The fourth-order valence-corrected chi connectivity index (χ4v) is 2.92. The molecule has 1 rings (SSSR count). The van der Waals surface area contributed by atoms with E-state index in [1.54, 1.807) is 6.07 Å². The summed E-state index contributed by atoms with van der Waals surface area (Å²) in [5, 5.41) is 11.4. The molecule has 1 atom stereocenters. The number of carboxylic acid groups (broad SMARTS) is 1. The second-order valence-corrected chi connectivity index (χ2v) is 8.01. The third kappa shape index (κ3) is 6.57. The minimum Gasteiger partial charge on any atom is -0.484 e. The van der Waals surface area contributed by atoms with E-state index in [2.05, 4.69) is 5.32 Å². The Morgan fingerprint density at radius 3 is 2.50 bits per heavy atom. The molecule has 1 amide bonds. The number of aliphatic carboxylic acids is 1. The van der Waals surface area contributed by atoms with E-state index in [1.807, 2.05) is 26.0 Å². The average Bonchev–Trinajstić information content (AvgIpc) is 2.50. The number of carboxylic acids is 1. The molecule has 0 spiro atoms. The molecule has 0 aliphatic carbocycles. The van der Waals surface area contributed by atoms with Crippen LogP contribution in [0, 0.1) is 13.8 Å². The van der Waals surface area contributed by atoms with Gasteiger partial charge >= 0.3 is 5.97 Å². The molecule has 24 heavy (non-hydrogen) atoms. The lowest BCUT2D eigenvalue weighted by molar-refractivity contribution is -0.142. The van der Waals surface area contributed by atoms with Crippen LogP contribution in [0.15, 0.2) is 18.2 Å². The summed E-state index contributed by atoms with van der Waals surface area (Å²) >= 11 is 0. The van der Waals surface area contributed by atoms with Gasteiger partial charge in [0.15, 0.2) is 6.61 Å². The Morgan fingerprint density at radius 1 is 1.29 bits per heavy atom. The number of carbonyl (C=O) groups is 2. The first-order valence-corrected chi connectivity index (χ1v) is 9.39. The fraction of sp³-hybridized carbons (Fsp3) is 0.500. The molecular formula is C16H23NO6S. The zero-order valence-electron chi connectivity index (χ0n) is 14.0. The highest BCUT2D eigenvalue weighted by Gasteiger charge is 2.22. The van der Waals surface area contributed by atoms with Crippen LogP contribution in [0.2, 0.25) is 0 Å². The molecule has 0 saturated heterocycles. The van der Waals surface area contributed by atoms with E-state index in [0.717, 1.165) is 11.1 Å². The van der Waals surface area contributed by atoms with Crippen molar-refractivity contribution in [2.75, 3.05) is 18.1 Å². The molecular weight excluding hydrogens is 334 g/mol. The fourth-order valence-electron chi connectivity index (χ4n) is 2.04. The normalized spacial score (nSPS) is 12.5. The van der Waals surface area contributed by atoms with Crippen LogP contribution in [0.1, 0.15) is 24.5 Å². The van der Waals surface area contributed by atoms with Crippen LogP contribution < -0.4 is 10.1 Å². The average molecular weight is 357 g/mol. The van der Waals surface area contributed by atoms with Gasteiger partial charge in [-0.3, -0.25) is 4.79 Å². The molecule has 1 aromatic rings.